The smallest absolute Gasteiger partial charge is 0.416 e. The normalized spacial score (nSPS) is 16.8. The third-order valence-electron chi connectivity index (χ3n) is 7.90. The van der Waals surface area contributed by atoms with E-state index in [1.165, 1.54) is 12.1 Å². The lowest BCUT2D eigenvalue weighted by Crippen LogP contribution is -2.52. The van der Waals surface area contributed by atoms with E-state index in [2.05, 4.69) is 6.07 Å². The van der Waals surface area contributed by atoms with Crippen molar-refractivity contribution < 1.29 is 35.9 Å². The number of carbonyl (C=O) groups is 1. The second-order valence-corrected chi connectivity index (χ2v) is 14.6. The number of amides is 1. The number of ether oxygens (including phenoxy) is 2. The van der Waals surface area contributed by atoms with Gasteiger partial charge in [-0.3, -0.25) is 0 Å². The number of fused-ring (bicyclic) bond motifs is 1. The number of likely N-dealkylation sites (tertiary alicyclic amines) is 1. The molecule has 1 amide bonds. The zero-order chi connectivity index (χ0) is 31.0. The molecule has 2 heterocycles. The summed E-state index contributed by atoms with van der Waals surface area (Å²) in [5.41, 5.74) is 2.35. The van der Waals surface area contributed by atoms with E-state index in [4.69, 9.17) is 9.47 Å². The molecular weight excluding hydrogens is 579 g/mol. The maximum Gasteiger partial charge on any atom is 0.416 e. The lowest BCUT2D eigenvalue weighted by molar-refractivity contribution is -0.137. The average molecular weight is 616 g/mol. The Morgan fingerprint density at radius 3 is 1.98 bits per heavy atom. The highest BCUT2D eigenvalue weighted by Gasteiger charge is 2.41. The highest BCUT2D eigenvalue weighted by molar-refractivity contribution is 7.89. The van der Waals surface area contributed by atoms with Gasteiger partial charge in [0.2, 0.25) is 0 Å². The predicted octanol–water partition coefficient (Wildman–Crippen LogP) is 7.58. The molecule has 1 saturated heterocycles. The van der Waals surface area contributed by atoms with Gasteiger partial charge >= 0.3 is 12.3 Å². The Balaban J connectivity index is 1.19. The number of aryl methyl sites for hydroxylation is 1. The fraction of sp³-hybridized carbons (Fsp3) is 0.424. The summed E-state index contributed by atoms with van der Waals surface area (Å²) in [6.07, 6.45) is -1.54. The summed E-state index contributed by atoms with van der Waals surface area (Å²) in [5.74, 6) is 0.310. The number of carbonyl (C=O) groups excluding carboxylic acids is 1. The van der Waals surface area contributed by atoms with E-state index in [0.29, 0.717) is 24.2 Å². The minimum Gasteiger partial charge on any atom is -0.487 e. The molecule has 6 nitrogen and oxygen atoms in total. The highest BCUT2D eigenvalue weighted by atomic mass is 32.2. The van der Waals surface area contributed by atoms with Crippen LogP contribution in [0.5, 0.6) is 5.75 Å². The van der Waals surface area contributed by atoms with Gasteiger partial charge in [-0.25, -0.2) is 13.2 Å². The number of sulfone groups is 1. The third kappa shape index (κ3) is 7.71. The van der Waals surface area contributed by atoms with Gasteiger partial charge < -0.3 is 14.4 Å². The standard InChI is InChI=1S/C33H36F3NO5S/c1-31(2,3)42-30(38)37-18-16-32(17-19-37)15-14-27-20-26(10-13-29(27)41-32)25-8-4-23(5-9-25)21-43(39,40)22-24-6-11-28(12-7-24)33(34,35)36/h4-13,20H,14-19,21-22H2,1-3H3. The Kier molecular flexibility index (Phi) is 8.28. The number of piperidine rings is 1. The number of halogens is 3. The number of benzene rings is 3. The second-order valence-electron chi connectivity index (χ2n) is 12.5. The molecule has 3 aromatic rings. The predicted molar refractivity (Wildman–Crippen MR) is 158 cm³/mol. The van der Waals surface area contributed by atoms with Crippen LogP contribution in [-0.2, 0) is 38.7 Å². The van der Waals surface area contributed by atoms with E-state index in [0.717, 1.165) is 60.3 Å². The van der Waals surface area contributed by atoms with Crippen molar-refractivity contribution in [3.63, 3.8) is 0 Å². The summed E-state index contributed by atoms with van der Waals surface area (Å²) in [4.78, 5) is 14.2. The molecule has 0 aromatic heterocycles. The van der Waals surface area contributed by atoms with Gasteiger partial charge in [-0.2, -0.15) is 13.2 Å². The van der Waals surface area contributed by atoms with Crippen molar-refractivity contribution in [2.45, 2.75) is 75.3 Å². The molecule has 0 saturated carbocycles. The van der Waals surface area contributed by atoms with Crippen LogP contribution in [0.4, 0.5) is 18.0 Å². The molecule has 1 spiro atoms. The van der Waals surface area contributed by atoms with Crippen LogP contribution in [0.15, 0.2) is 66.7 Å². The van der Waals surface area contributed by atoms with Gasteiger partial charge in [-0.05, 0) is 85.7 Å². The molecule has 2 aliphatic rings. The maximum absolute atomic E-state index is 12.8. The SMILES string of the molecule is CC(C)(C)OC(=O)N1CCC2(CCc3cc(-c4ccc(CS(=O)(=O)Cc5ccc(C(F)(F)F)cc5)cc4)ccc3O2)CC1. The van der Waals surface area contributed by atoms with E-state index in [1.807, 2.05) is 45.0 Å². The zero-order valence-corrected chi connectivity index (χ0v) is 25.4. The number of hydrogen-bond acceptors (Lipinski definition) is 5. The van der Waals surface area contributed by atoms with Crippen molar-refractivity contribution in [2.24, 2.45) is 0 Å². The van der Waals surface area contributed by atoms with Crippen LogP contribution in [0.25, 0.3) is 11.1 Å². The molecule has 0 radical (unpaired) electrons. The summed E-state index contributed by atoms with van der Waals surface area (Å²) < 4.78 is 75.9. The van der Waals surface area contributed by atoms with Crippen LogP contribution in [0.1, 0.15) is 62.3 Å². The number of rotatable bonds is 5. The first-order valence-electron chi connectivity index (χ1n) is 14.4. The van der Waals surface area contributed by atoms with Crippen LogP contribution in [0.2, 0.25) is 0 Å². The molecule has 43 heavy (non-hydrogen) atoms. The van der Waals surface area contributed by atoms with Crippen molar-refractivity contribution >= 4 is 15.9 Å². The average Bonchev–Trinajstić information content (AvgIpc) is 2.92. The molecule has 5 rings (SSSR count). The van der Waals surface area contributed by atoms with Gasteiger partial charge in [-0.15, -0.1) is 0 Å². The first kappa shape index (κ1) is 30.9. The Morgan fingerprint density at radius 1 is 0.860 bits per heavy atom. The number of nitrogens with zero attached hydrogens (tertiary/aromatic N) is 1. The molecule has 0 N–H and O–H groups in total. The molecule has 0 atom stereocenters. The van der Waals surface area contributed by atoms with Gasteiger partial charge in [-0.1, -0.05) is 42.5 Å². The van der Waals surface area contributed by atoms with E-state index in [9.17, 15) is 26.4 Å². The van der Waals surface area contributed by atoms with Crippen LogP contribution >= 0.6 is 0 Å². The van der Waals surface area contributed by atoms with Crippen molar-refractivity contribution in [3.8, 4) is 16.9 Å². The summed E-state index contributed by atoms with van der Waals surface area (Å²) in [5, 5.41) is 0. The number of hydrogen-bond donors (Lipinski definition) is 0. The van der Waals surface area contributed by atoms with E-state index in [-0.39, 0.29) is 23.2 Å². The van der Waals surface area contributed by atoms with Crippen LogP contribution < -0.4 is 4.74 Å². The quantitative estimate of drug-likeness (QED) is 0.296. The molecule has 0 unspecified atom stereocenters. The van der Waals surface area contributed by atoms with Crippen LogP contribution in [0.3, 0.4) is 0 Å². The summed E-state index contributed by atoms with van der Waals surface area (Å²) >= 11 is 0. The molecule has 3 aromatic carbocycles. The van der Waals surface area contributed by atoms with Crippen LogP contribution in [-0.4, -0.2) is 43.7 Å². The Labute approximate surface area is 250 Å². The highest BCUT2D eigenvalue weighted by Crippen LogP contribution is 2.41. The molecule has 230 valence electrons. The fourth-order valence-corrected chi connectivity index (χ4v) is 7.12. The minimum absolute atomic E-state index is 0.209. The lowest BCUT2D eigenvalue weighted by Gasteiger charge is -2.44. The first-order chi connectivity index (χ1) is 20.1. The van der Waals surface area contributed by atoms with Gasteiger partial charge in [0.1, 0.15) is 17.0 Å². The molecule has 1 fully saturated rings. The van der Waals surface area contributed by atoms with E-state index >= 15 is 0 Å². The Bertz CT molecular complexity index is 1570. The third-order valence-corrected chi connectivity index (χ3v) is 9.45. The fourth-order valence-electron chi connectivity index (χ4n) is 5.62. The van der Waals surface area contributed by atoms with E-state index < -0.39 is 27.2 Å². The van der Waals surface area contributed by atoms with Crippen LogP contribution in [0, 0.1) is 0 Å². The van der Waals surface area contributed by atoms with Gasteiger partial charge in [0.05, 0.1) is 17.1 Å². The van der Waals surface area contributed by atoms with Gasteiger partial charge in [0.25, 0.3) is 0 Å². The largest absolute Gasteiger partial charge is 0.487 e. The number of alkyl halides is 3. The van der Waals surface area contributed by atoms with Crippen molar-refractivity contribution in [2.75, 3.05) is 13.1 Å². The summed E-state index contributed by atoms with van der Waals surface area (Å²) in [6.45, 7) is 6.77. The molecular formula is C33H36F3NO5S. The van der Waals surface area contributed by atoms with Gasteiger partial charge in [0.15, 0.2) is 9.84 Å². The van der Waals surface area contributed by atoms with Crippen molar-refractivity contribution in [3.05, 3.63) is 89.0 Å². The topological polar surface area (TPSA) is 72.9 Å². The Morgan fingerprint density at radius 2 is 1.42 bits per heavy atom. The minimum atomic E-state index is -4.46. The van der Waals surface area contributed by atoms with Crippen molar-refractivity contribution in [1.82, 2.24) is 4.90 Å². The first-order valence-corrected chi connectivity index (χ1v) is 16.2. The maximum atomic E-state index is 12.8. The zero-order valence-electron chi connectivity index (χ0n) is 24.5. The molecule has 0 aliphatic carbocycles. The van der Waals surface area contributed by atoms with Gasteiger partial charge in [0, 0.05) is 25.9 Å². The molecule has 0 bridgehead atoms. The lowest BCUT2D eigenvalue weighted by atomic mass is 9.82. The van der Waals surface area contributed by atoms with Crippen molar-refractivity contribution in [1.29, 1.82) is 0 Å². The summed E-state index contributed by atoms with van der Waals surface area (Å²) in [6, 6.07) is 17.6. The molecule has 2 aliphatic heterocycles. The Hall–Kier alpha value is -3.53. The van der Waals surface area contributed by atoms with E-state index in [1.54, 1.807) is 17.0 Å². The second kappa shape index (κ2) is 11.5. The molecule has 10 heteroatoms. The summed E-state index contributed by atoms with van der Waals surface area (Å²) in [7, 11) is -3.58. The monoisotopic (exact) mass is 615 g/mol.